The van der Waals surface area contributed by atoms with Gasteiger partial charge >= 0.3 is 0 Å². The van der Waals surface area contributed by atoms with Gasteiger partial charge in [0.1, 0.15) is 17.5 Å². The molecule has 0 unspecified atom stereocenters. The Morgan fingerprint density at radius 2 is 0.485 bits per heavy atom. The van der Waals surface area contributed by atoms with E-state index in [1.807, 2.05) is 0 Å². The molecule has 14 aromatic carbocycles. The van der Waals surface area contributed by atoms with Crippen molar-refractivity contribution in [2.75, 3.05) is 0 Å². The highest BCUT2D eigenvalue weighted by molar-refractivity contribution is 6.14. The fourth-order valence-corrected chi connectivity index (χ4v) is 16.0. The molecule has 0 saturated carbocycles. The molecule has 9 nitrogen and oxygen atoms in total. The van der Waals surface area contributed by atoms with Crippen molar-refractivity contribution in [3.63, 3.8) is 0 Å². The van der Waals surface area contributed by atoms with Crippen LogP contribution >= 0.6 is 0 Å². The zero-order valence-corrected chi connectivity index (χ0v) is 54.4. The summed E-state index contributed by atoms with van der Waals surface area (Å²) < 4.78 is 11.5. The van der Waals surface area contributed by atoms with Crippen molar-refractivity contribution < 1.29 is 0 Å². The third-order valence-corrected chi connectivity index (χ3v) is 20.5. The molecule has 0 amide bonds. The monoisotopic (exact) mass is 1290 g/mol. The fraction of sp³-hybridized carbons (Fsp3) is 0. The maximum atomic E-state index is 5.65. The van der Waals surface area contributed by atoms with Gasteiger partial charge in [0.2, 0.25) is 5.95 Å². The van der Waals surface area contributed by atoms with Gasteiger partial charge in [0, 0.05) is 82.8 Å². The second-order valence-corrected chi connectivity index (χ2v) is 26.2. The van der Waals surface area contributed by atoms with Gasteiger partial charge in [-0.25, -0.2) is 15.0 Å². The SMILES string of the molecule is c1ccc(-c2cc(-c3cccc(-c4ccc5c(c4)c4ccccc4n5-c4cc(-n5c6ccccc6c6ccccc65)nc(-c5ccc(-n6c7ccccc7c7ccccc76)cc5)n4)c3)cc(-c3cc(-n4c5ccccc5c5ccccc54)nc(-n4c5ccccc5c5ccccc54)n3)c2)cc1. The molecule has 0 radical (unpaired) electrons. The highest BCUT2D eigenvalue weighted by atomic mass is 15.2. The minimum Gasteiger partial charge on any atom is -0.309 e. The van der Waals surface area contributed by atoms with Gasteiger partial charge in [-0.3, -0.25) is 18.3 Å². The summed E-state index contributed by atoms with van der Waals surface area (Å²) in [6.45, 7) is 0. The van der Waals surface area contributed by atoms with Gasteiger partial charge in [0.25, 0.3) is 0 Å². The van der Waals surface area contributed by atoms with Gasteiger partial charge in [-0.1, -0.05) is 218 Å². The standard InChI is InChI=1S/C92H57N9/c1-2-23-58(24-3-1)63-52-64(54-65(53-63)77-56-88(98-80-38-15-6-29-69(80)70-30-7-16-39-81(70)98)96-92(93-77)101-85-43-20-10-33-73(85)74-34-11-21-44-86(74)101)61-26-22-25-60(51-61)62-47-50-87-76(55-62)75-35-12-19-42-84(75)100(87)90-57-89(99-82-40-17-8-31-71(82)72-32-9-18-41-83(72)99)94-91(95-90)59-45-48-66(49-46-59)97-78-36-13-4-27-67(78)68-28-5-14-37-79(68)97/h1-57H. The number of rotatable bonds is 10. The molecular formula is C92H57N9. The van der Waals surface area contributed by atoms with Crippen LogP contribution in [0.2, 0.25) is 0 Å². The van der Waals surface area contributed by atoms with Crippen LogP contribution in [0.5, 0.6) is 0 Å². The van der Waals surface area contributed by atoms with E-state index < -0.39 is 0 Å². The highest BCUT2D eigenvalue weighted by Crippen LogP contribution is 2.42. The Kier molecular flexibility index (Phi) is 12.5. The molecule has 0 N–H and O–H groups in total. The average Bonchev–Trinajstić information content (AvgIpc) is 1.61. The summed E-state index contributed by atoms with van der Waals surface area (Å²) in [6, 6.07) is 124. The van der Waals surface area contributed by atoms with Crippen molar-refractivity contribution in [3.8, 4) is 85.1 Å². The van der Waals surface area contributed by atoms with Crippen molar-refractivity contribution in [2.45, 2.75) is 0 Å². The zero-order valence-electron chi connectivity index (χ0n) is 54.4. The second kappa shape index (κ2) is 22.4. The van der Waals surface area contributed by atoms with Crippen LogP contribution in [-0.2, 0) is 0 Å². The van der Waals surface area contributed by atoms with Crippen molar-refractivity contribution in [2.24, 2.45) is 0 Å². The molecule has 9 heteroatoms. The van der Waals surface area contributed by atoms with Crippen LogP contribution in [-0.4, -0.2) is 42.8 Å². The van der Waals surface area contributed by atoms with Gasteiger partial charge in [0.15, 0.2) is 5.82 Å². The van der Waals surface area contributed by atoms with Crippen molar-refractivity contribution >= 4 is 109 Å². The molecular weight excluding hydrogens is 1230 g/mol. The quantitative estimate of drug-likeness (QED) is 0.137. The molecule has 470 valence electrons. The van der Waals surface area contributed by atoms with E-state index in [4.69, 9.17) is 19.9 Å². The van der Waals surface area contributed by atoms with E-state index in [9.17, 15) is 0 Å². The Bertz CT molecular complexity index is 6620. The normalized spacial score (nSPS) is 12.0. The molecule has 101 heavy (non-hydrogen) atoms. The first kappa shape index (κ1) is 56.4. The molecule has 21 aromatic rings. The first-order valence-corrected chi connectivity index (χ1v) is 34.3. The number of fused-ring (bicyclic) bond motifs is 15. The summed E-state index contributed by atoms with van der Waals surface area (Å²) in [7, 11) is 0. The maximum Gasteiger partial charge on any atom is 0.237 e. The third kappa shape index (κ3) is 8.90. The molecule has 0 fully saturated rings. The molecule has 0 saturated heterocycles. The Morgan fingerprint density at radius 1 is 0.168 bits per heavy atom. The smallest absolute Gasteiger partial charge is 0.237 e. The van der Waals surface area contributed by atoms with Crippen LogP contribution < -0.4 is 0 Å². The fourth-order valence-electron chi connectivity index (χ4n) is 16.0. The number of hydrogen-bond acceptors (Lipinski definition) is 4. The van der Waals surface area contributed by atoms with Crippen molar-refractivity contribution in [1.82, 2.24) is 42.8 Å². The van der Waals surface area contributed by atoms with Crippen LogP contribution in [0.25, 0.3) is 194 Å². The first-order valence-electron chi connectivity index (χ1n) is 34.3. The number of para-hydroxylation sites is 9. The Balaban J connectivity index is 0.719. The Hall–Kier alpha value is -13.8. The molecule has 7 heterocycles. The predicted octanol–water partition coefficient (Wildman–Crippen LogP) is 23.1. The second-order valence-electron chi connectivity index (χ2n) is 26.2. The molecule has 0 aliphatic heterocycles. The molecule has 21 rings (SSSR count). The highest BCUT2D eigenvalue weighted by Gasteiger charge is 2.24. The Morgan fingerprint density at radius 3 is 0.941 bits per heavy atom. The largest absolute Gasteiger partial charge is 0.309 e. The lowest BCUT2D eigenvalue weighted by atomic mass is 9.93. The van der Waals surface area contributed by atoms with Crippen molar-refractivity contribution in [3.05, 3.63) is 346 Å². The van der Waals surface area contributed by atoms with Gasteiger partial charge in [0.05, 0.1) is 60.9 Å². The zero-order chi connectivity index (χ0) is 66.2. The molecule has 7 aromatic heterocycles. The van der Waals surface area contributed by atoms with Gasteiger partial charge in [-0.15, -0.1) is 0 Å². The van der Waals surface area contributed by atoms with E-state index in [1.165, 1.54) is 32.3 Å². The van der Waals surface area contributed by atoms with Crippen molar-refractivity contribution in [1.29, 1.82) is 0 Å². The third-order valence-electron chi connectivity index (χ3n) is 20.5. The lowest BCUT2D eigenvalue weighted by Crippen LogP contribution is -2.07. The van der Waals surface area contributed by atoms with Crippen LogP contribution in [0.4, 0.5) is 0 Å². The molecule has 0 aliphatic carbocycles. The summed E-state index contributed by atoms with van der Waals surface area (Å²) in [4.78, 5) is 22.4. The summed E-state index contributed by atoms with van der Waals surface area (Å²) in [5.41, 5.74) is 21.1. The van der Waals surface area contributed by atoms with E-state index in [0.29, 0.717) is 11.8 Å². The molecule has 0 bridgehead atoms. The lowest BCUT2D eigenvalue weighted by Gasteiger charge is -2.16. The van der Waals surface area contributed by atoms with E-state index >= 15 is 0 Å². The molecule has 0 spiro atoms. The minimum absolute atomic E-state index is 0.590. The van der Waals surface area contributed by atoms with E-state index in [1.54, 1.807) is 0 Å². The van der Waals surface area contributed by atoms with Gasteiger partial charge in [-0.05, 0) is 149 Å². The van der Waals surface area contributed by atoms with Crippen LogP contribution in [0.1, 0.15) is 0 Å². The van der Waals surface area contributed by atoms with E-state index in [-0.39, 0.29) is 0 Å². The number of benzene rings is 14. The lowest BCUT2D eigenvalue weighted by molar-refractivity contribution is 0.952. The van der Waals surface area contributed by atoms with Crippen LogP contribution in [0, 0.1) is 0 Å². The average molecular weight is 1290 g/mol. The molecule has 0 aliphatic rings. The van der Waals surface area contributed by atoms with E-state index in [0.717, 1.165) is 150 Å². The summed E-state index contributed by atoms with van der Waals surface area (Å²) in [5.74, 6) is 3.53. The Labute approximate surface area is 579 Å². The van der Waals surface area contributed by atoms with Gasteiger partial charge < -0.3 is 4.57 Å². The summed E-state index contributed by atoms with van der Waals surface area (Å²) in [5, 5.41) is 11.6. The topological polar surface area (TPSA) is 76.2 Å². The van der Waals surface area contributed by atoms with Gasteiger partial charge in [-0.2, -0.15) is 4.98 Å². The predicted molar refractivity (Wildman–Crippen MR) is 416 cm³/mol. The first-order chi connectivity index (χ1) is 50.1. The van der Waals surface area contributed by atoms with Crippen LogP contribution in [0.3, 0.4) is 0 Å². The number of hydrogen-bond donors (Lipinski definition) is 0. The summed E-state index contributed by atoms with van der Waals surface area (Å²) in [6.07, 6.45) is 0. The summed E-state index contributed by atoms with van der Waals surface area (Å²) >= 11 is 0. The number of aromatic nitrogens is 9. The van der Waals surface area contributed by atoms with Crippen LogP contribution in [0.15, 0.2) is 346 Å². The minimum atomic E-state index is 0.590. The molecule has 0 atom stereocenters. The number of nitrogens with zero attached hydrogens (tertiary/aromatic N) is 9. The van der Waals surface area contributed by atoms with E-state index in [2.05, 4.69) is 369 Å². The maximum absolute atomic E-state index is 5.65.